The van der Waals surface area contributed by atoms with Crippen molar-refractivity contribution in [1.82, 2.24) is 29.6 Å². The molecule has 4 aromatic rings. The van der Waals surface area contributed by atoms with Crippen LogP contribution in [0.4, 0.5) is 5.69 Å². The van der Waals surface area contributed by atoms with Gasteiger partial charge in [-0.05, 0) is 62.6 Å². The van der Waals surface area contributed by atoms with Gasteiger partial charge in [-0.1, -0.05) is 24.6 Å². The Hall–Kier alpha value is -3.23. The minimum absolute atomic E-state index is 0.186. The molecule has 1 aromatic carbocycles. The second kappa shape index (κ2) is 10.0. The molecule has 1 saturated heterocycles. The van der Waals surface area contributed by atoms with Crippen LogP contribution in [0, 0.1) is 13.8 Å². The van der Waals surface area contributed by atoms with Crippen molar-refractivity contribution < 1.29 is 0 Å². The summed E-state index contributed by atoms with van der Waals surface area (Å²) in [5, 5.41) is 5.56. The Balaban J connectivity index is 1.39. The quantitative estimate of drug-likeness (QED) is 0.421. The second-order valence-electron chi connectivity index (χ2n) is 9.65. The van der Waals surface area contributed by atoms with Crippen LogP contribution in [-0.4, -0.2) is 62.4 Å². The SMILES string of the molecule is CCN1CCC(N(C)c2cc3nc(Cc4ccc(-n5cc(C)c(C)n5)nc4)[nH]c(=O)c3cc2Cl)CC1. The summed E-state index contributed by atoms with van der Waals surface area (Å²) in [6.45, 7) is 9.48. The number of aromatic amines is 1. The van der Waals surface area contributed by atoms with E-state index in [2.05, 4.69) is 38.8 Å². The maximum Gasteiger partial charge on any atom is 0.258 e. The van der Waals surface area contributed by atoms with E-state index in [0.717, 1.165) is 60.8 Å². The van der Waals surface area contributed by atoms with Crippen molar-refractivity contribution >= 4 is 28.2 Å². The van der Waals surface area contributed by atoms with Gasteiger partial charge >= 0.3 is 0 Å². The number of likely N-dealkylation sites (tertiary alicyclic amines) is 1. The topological polar surface area (TPSA) is 82.9 Å². The molecule has 0 saturated carbocycles. The summed E-state index contributed by atoms with van der Waals surface area (Å²) in [5.74, 6) is 1.35. The number of H-pyrrole nitrogens is 1. The summed E-state index contributed by atoms with van der Waals surface area (Å²) in [6.07, 6.45) is 6.42. The number of fused-ring (bicyclic) bond motifs is 1. The number of halogens is 1. The van der Waals surface area contributed by atoms with Gasteiger partial charge < -0.3 is 14.8 Å². The van der Waals surface area contributed by atoms with Crippen LogP contribution in [0.3, 0.4) is 0 Å². The van der Waals surface area contributed by atoms with Crippen molar-refractivity contribution in [2.45, 2.75) is 46.1 Å². The number of pyridine rings is 1. The number of nitrogens with zero attached hydrogens (tertiary/aromatic N) is 6. The largest absolute Gasteiger partial charge is 0.370 e. The van der Waals surface area contributed by atoms with Crippen LogP contribution < -0.4 is 10.5 Å². The van der Waals surface area contributed by atoms with Crippen LogP contribution in [0.15, 0.2) is 41.5 Å². The van der Waals surface area contributed by atoms with Gasteiger partial charge in [0.15, 0.2) is 5.82 Å². The molecule has 0 spiro atoms. The molecule has 5 rings (SSSR count). The molecule has 0 bridgehead atoms. The van der Waals surface area contributed by atoms with Gasteiger partial charge in [-0.15, -0.1) is 0 Å². The van der Waals surface area contributed by atoms with Crippen molar-refractivity contribution in [2.24, 2.45) is 0 Å². The van der Waals surface area contributed by atoms with Gasteiger partial charge in [0.25, 0.3) is 5.56 Å². The Bertz CT molecular complexity index is 1420. The van der Waals surface area contributed by atoms with Crippen LogP contribution in [0.1, 0.15) is 42.4 Å². The molecule has 1 fully saturated rings. The van der Waals surface area contributed by atoms with E-state index in [4.69, 9.17) is 16.6 Å². The smallest absolute Gasteiger partial charge is 0.258 e. The van der Waals surface area contributed by atoms with Crippen LogP contribution >= 0.6 is 11.6 Å². The summed E-state index contributed by atoms with van der Waals surface area (Å²) < 4.78 is 1.78. The fraction of sp³-hybridized carbons (Fsp3) is 0.407. The van der Waals surface area contributed by atoms with Gasteiger partial charge in [0, 0.05) is 45.0 Å². The first kappa shape index (κ1) is 24.5. The normalized spacial score (nSPS) is 15.0. The highest BCUT2D eigenvalue weighted by Gasteiger charge is 2.24. The summed E-state index contributed by atoms with van der Waals surface area (Å²) in [5.41, 5.74) is 4.44. The minimum atomic E-state index is -0.186. The van der Waals surface area contributed by atoms with Crippen LogP contribution in [-0.2, 0) is 6.42 Å². The lowest BCUT2D eigenvalue weighted by Crippen LogP contribution is -2.43. The Morgan fingerprint density at radius 1 is 1.19 bits per heavy atom. The zero-order chi connectivity index (χ0) is 25.4. The number of hydrogen-bond donors (Lipinski definition) is 1. The average molecular weight is 506 g/mol. The summed E-state index contributed by atoms with van der Waals surface area (Å²) >= 11 is 6.64. The van der Waals surface area contributed by atoms with Gasteiger partial charge in [0.1, 0.15) is 5.82 Å². The summed E-state index contributed by atoms with van der Waals surface area (Å²) in [7, 11) is 2.09. The first-order valence-corrected chi connectivity index (χ1v) is 12.9. The molecule has 0 unspecified atom stereocenters. The van der Waals surface area contributed by atoms with Crippen molar-refractivity contribution in [1.29, 1.82) is 0 Å². The maximum absolute atomic E-state index is 12.9. The molecular formula is C27H32ClN7O. The predicted octanol–water partition coefficient (Wildman–Crippen LogP) is 4.29. The third kappa shape index (κ3) is 4.88. The molecule has 4 heterocycles. The Morgan fingerprint density at radius 3 is 2.61 bits per heavy atom. The third-order valence-electron chi connectivity index (χ3n) is 7.31. The predicted molar refractivity (Wildman–Crippen MR) is 145 cm³/mol. The van der Waals surface area contributed by atoms with Gasteiger partial charge in [0.2, 0.25) is 0 Å². The molecule has 8 nitrogen and oxygen atoms in total. The molecule has 0 amide bonds. The fourth-order valence-corrected chi connectivity index (χ4v) is 5.18. The van der Waals surface area contributed by atoms with Gasteiger partial charge in [-0.25, -0.2) is 14.6 Å². The van der Waals surface area contributed by atoms with Gasteiger partial charge in [-0.2, -0.15) is 5.10 Å². The number of piperidine rings is 1. The van der Waals surface area contributed by atoms with Crippen molar-refractivity contribution in [3.63, 3.8) is 0 Å². The van der Waals surface area contributed by atoms with Crippen molar-refractivity contribution in [2.75, 3.05) is 31.6 Å². The number of benzene rings is 1. The Morgan fingerprint density at radius 2 is 1.97 bits per heavy atom. The monoisotopic (exact) mass is 505 g/mol. The van der Waals surface area contributed by atoms with E-state index in [1.54, 1.807) is 16.9 Å². The van der Waals surface area contributed by atoms with Crippen LogP contribution in [0.5, 0.6) is 0 Å². The fourth-order valence-electron chi connectivity index (χ4n) is 4.88. The van der Waals surface area contributed by atoms with Gasteiger partial charge in [-0.3, -0.25) is 4.79 Å². The minimum Gasteiger partial charge on any atom is -0.370 e. The van der Waals surface area contributed by atoms with E-state index in [9.17, 15) is 4.79 Å². The first-order chi connectivity index (χ1) is 17.3. The first-order valence-electron chi connectivity index (χ1n) is 12.5. The van der Waals surface area contributed by atoms with E-state index in [0.29, 0.717) is 34.2 Å². The highest BCUT2D eigenvalue weighted by Crippen LogP contribution is 2.32. The molecule has 1 aliphatic heterocycles. The molecule has 36 heavy (non-hydrogen) atoms. The molecule has 0 atom stereocenters. The average Bonchev–Trinajstić information content (AvgIpc) is 3.22. The van der Waals surface area contributed by atoms with Gasteiger partial charge in [0.05, 0.1) is 27.3 Å². The number of anilines is 1. The molecule has 1 aliphatic rings. The van der Waals surface area contributed by atoms with E-state index in [1.165, 1.54) is 0 Å². The lowest BCUT2D eigenvalue weighted by molar-refractivity contribution is 0.221. The Kier molecular flexibility index (Phi) is 6.81. The zero-order valence-electron chi connectivity index (χ0n) is 21.3. The van der Waals surface area contributed by atoms with E-state index in [1.807, 2.05) is 38.2 Å². The standard InChI is InChI=1S/C27H32ClN7O/c1-5-34-10-8-20(9-11-34)33(4)24-14-23-21(13-22(24)28)27(36)31-25(30-23)12-19-6-7-26(29-15-19)35-16-17(2)18(3)32-35/h6-7,13-16,20H,5,8-12H2,1-4H3,(H,30,31,36). The lowest BCUT2D eigenvalue weighted by atomic mass is 10.0. The Labute approximate surface area is 215 Å². The molecule has 0 aliphatic carbocycles. The number of aryl methyl sites for hydroxylation is 2. The molecule has 0 radical (unpaired) electrons. The number of hydrogen-bond acceptors (Lipinski definition) is 6. The van der Waals surface area contributed by atoms with Crippen molar-refractivity contribution in [3.8, 4) is 5.82 Å². The molecule has 1 N–H and O–H groups in total. The lowest BCUT2D eigenvalue weighted by Gasteiger charge is -2.37. The number of nitrogens with one attached hydrogen (secondary N) is 1. The molecule has 3 aromatic heterocycles. The zero-order valence-corrected chi connectivity index (χ0v) is 22.0. The molecule has 188 valence electrons. The van der Waals surface area contributed by atoms with Crippen LogP contribution in [0.2, 0.25) is 5.02 Å². The maximum atomic E-state index is 12.9. The molecular weight excluding hydrogens is 474 g/mol. The summed E-state index contributed by atoms with van der Waals surface area (Å²) in [6, 6.07) is 8.02. The highest BCUT2D eigenvalue weighted by molar-refractivity contribution is 6.34. The van der Waals surface area contributed by atoms with Crippen LogP contribution in [0.25, 0.3) is 16.7 Å². The molecule has 9 heteroatoms. The number of rotatable bonds is 6. The second-order valence-corrected chi connectivity index (χ2v) is 10.1. The van der Waals surface area contributed by atoms with E-state index < -0.39 is 0 Å². The van der Waals surface area contributed by atoms with E-state index in [-0.39, 0.29) is 5.56 Å². The van der Waals surface area contributed by atoms with E-state index >= 15 is 0 Å². The highest BCUT2D eigenvalue weighted by atomic mass is 35.5. The number of aromatic nitrogens is 5. The summed E-state index contributed by atoms with van der Waals surface area (Å²) in [4.78, 5) is 29.8. The van der Waals surface area contributed by atoms with Crippen molar-refractivity contribution in [3.05, 3.63) is 74.7 Å². The third-order valence-corrected chi connectivity index (χ3v) is 7.62.